The van der Waals surface area contributed by atoms with E-state index in [2.05, 4.69) is 12.8 Å². The molecule has 0 fully saturated rings. The summed E-state index contributed by atoms with van der Waals surface area (Å²) in [5, 5.41) is 0. The van der Waals surface area contributed by atoms with Crippen molar-refractivity contribution in [2.45, 2.75) is 39.2 Å². The number of hydrogen-bond donors (Lipinski definition) is 0. The van der Waals surface area contributed by atoms with E-state index in [9.17, 15) is 4.79 Å². The monoisotopic (exact) mass is 178 g/mol. The summed E-state index contributed by atoms with van der Waals surface area (Å²) in [4.78, 5) is 11.1. The summed E-state index contributed by atoms with van der Waals surface area (Å²) in [6.07, 6.45) is 8.13. The van der Waals surface area contributed by atoms with Crippen molar-refractivity contribution in [2.24, 2.45) is 0 Å². The molecule has 0 aliphatic carbocycles. The Kier molecular flexibility index (Phi) is 3.13. The van der Waals surface area contributed by atoms with E-state index < -0.39 is 0 Å². The SMILES string of the molecule is C#CC1=C(C)C(=O)OC1CCCC. The lowest BCUT2D eigenvalue weighted by atomic mass is 10.0. The molecule has 0 aromatic rings. The first-order valence-electron chi connectivity index (χ1n) is 4.59. The third-order valence-electron chi connectivity index (χ3n) is 2.26. The molecule has 0 saturated carbocycles. The highest BCUT2D eigenvalue weighted by molar-refractivity contribution is 5.92. The Morgan fingerprint density at radius 2 is 2.31 bits per heavy atom. The molecule has 2 heteroatoms. The molecule has 0 saturated heterocycles. The third kappa shape index (κ3) is 1.92. The zero-order valence-corrected chi connectivity index (χ0v) is 8.09. The van der Waals surface area contributed by atoms with E-state index >= 15 is 0 Å². The lowest BCUT2D eigenvalue weighted by molar-refractivity contribution is -0.139. The Morgan fingerprint density at radius 1 is 1.62 bits per heavy atom. The molecule has 70 valence electrons. The maximum atomic E-state index is 11.1. The first-order chi connectivity index (χ1) is 6.20. The van der Waals surface area contributed by atoms with Crippen molar-refractivity contribution in [3.05, 3.63) is 11.1 Å². The van der Waals surface area contributed by atoms with Gasteiger partial charge in [-0.1, -0.05) is 19.3 Å². The van der Waals surface area contributed by atoms with Crippen LogP contribution in [-0.4, -0.2) is 12.1 Å². The summed E-state index contributed by atoms with van der Waals surface area (Å²) in [6.45, 7) is 3.83. The van der Waals surface area contributed by atoms with E-state index in [-0.39, 0.29) is 12.1 Å². The lowest BCUT2D eigenvalue weighted by Gasteiger charge is -2.09. The van der Waals surface area contributed by atoms with Gasteiger partial charge < -0.3 is 4.74 Å². The number of terminal acetylenes is 1. The van der Waals surface area contributed by atoms with Crippen LogP contribution in [0.2, 0.25) is 0 Å². The highest BCUT2D eigenvalue weighted by atomic mass is 16.5. The van der Waals surface area contributed by atoms with Gasteiger partial charge in [0.2, 0.25) is 0 Å². The molecule has 2 nitrogen and oxygen atoms in total. The highest BCUT2D eigenvalue weighted by Gasteiger charge is 2.29. The van der Waals surface area contributed by atoms with Crippen LogP contribution in [0.1, 0.15) is 33.1 Å². The first-order valence-corrected chi connectivity index (χ1v) is 4.59. The van der Waals surface area contributed by atoms with Crippen LogP contribution in [0.4, 0.5) is 0 Å². The summed E-state index contributed by atoms with van der Waals surface area (Å²) < 4.78 is 5.12. The highest BCUT2D eigenvalue weighted by Crippen LogP contribution is 2.25. The second kappa shape index (κ2) is 4.13. The number of carbonyl (C=O) groups excluding carboxylic acids is 1. The molecule has 1 rings (SSSR count). The summed E-state index contributed by atoms with van der Waals surface area (Å²) >= 11 is 0. The van der Waals surface area contributed by atoms with Crippen molar-refractivity contribution in [2.75, 3.05) is 0 Å². The molecule has 1 aliphatic rings. The number of carbonyl (C=O) groups is 1. The third-order valence-corrected chi connectivity index (χ3v) is 2.26. The van der Waals surface area contributed by atoms with Gasteiger partial charge in [0, 0.05) is 5.57 Å². The van der Waals surface area contributed by atoms with Crippen molar-refractivity contribution >= 4 is 5.97 Å². The van der Waals surface area contributed by atoms with Crippen LogP contribution >= 0.6 is 0 Å². The lowest BCUT2D eigenvalue weighted by Crippen LogP contribution is -2.10. The fourth-order valence-electron chi connectivity index (χ4n) is 1.42. The average molecular weight is 178 g/mol. The fraction of sp³-hybridized carbons (Fsp3) is 0.545. The molecular formula is C11H14O2. The standard InChI is InChI=1S/C11H14O2/c1-4-6-7-10-9(5-2)8(3)11(12)13-10/h2,10H,4,6-7H2,1,3H3. The van der Waals surface area contributed by atoms with Gasteiger partial charge in [-0.05, 0) is 19.8 Å². The number of esters is 1. The molecule has 1 atom stereocenters. The predicted molar refractivity (Wildman–Crippen MR) is 50.9 cm³/mol. The van der Waals surface area contributed by atoms with E-state index in [0.717, 1.165) is 24.8 Å². The Bertz CT molecular complexity index is 281. The van der Waals surface area contributed by atoms with Crippen LogP contribution in [-0.2, 0) is 9.53 Å². The molecule has 0 aromatic carbocycles. The quantitative estimate of drug-likeness (QED) is 0.488. The molecule has 0 aromatic heterocycles. The molecule has 0 radical (unpaired) electrons. The largest absolute Gasteiger partial charge is 0.453 e. The number of unbranched alkanes of at least 4 members (excludes halogenated alkanes) is 1. The van der Waals surface area contributed by atoms with Crippen LogP contribution in [0.3, 0.4) is 0 Å². The molecule has 1 heterocycles. The van der Waals surface area contributed by atoms with Gasteiger partial charge in [0.1, 0.15) is 6.10 Å². The van der Waals surface area contributed by atoms with Crippen LogP contribution in [0.25, 0.3) is 0 Å². The molecule has 0 N–H and O–H groups in total. The van der Waals surface area contributed by atoms with Crippen LogP contribution in [0.15, 0.2) is 11.1 Å². The number of ether oxygens (including phenoxy) is 1. The van der Waals surface area contributed by atoms with E-state index in [0.29, 0.717) is 5.57 Å². The Labute approximate surface area is 79.0 Å². The van der Waals surface area contributed by atoms with Crippen molar-refractivity contribution < 1.29 is 9.53 Å². The molecule has 13 heavy (non-hydrogen) atoms. The Balaban J connectivity index is 2.70. The minimum atomic E-state index is -0.256. The topological polar surface area (TPSA) is 26.3 Å². The summed E-state index contributed by atoms with van der Waals surface area (Å²) in [5.41, 5.74) is 1.34. The van der Waals surface area contributed by atoms with Crippen molar-refractivity contribution in [1.82, 2.24) is 0 Å². The van der Waals surface area contributed by atoms with Gasteiger partial charge in [-0.15, -0.1) is 6.42 Å². The first kappa shape index (κ1) is 9.85. The van der Waals surface area contributed by atoms with Crippen molar-refractivity contribution in [1.29, 1.82) is 0 Å². The molecule has 1 unspecified atom stereocenters. The Hall–Kier alpha value is -1.23. The second-order valence-electron chi connectivity index (χ2n) is 3.22. The second-order valence-corrected chi connectivity index (χ2v) is 3.22. The van der Waals surface area contributed by atoms with E-state index in [1.807, 2.05) is 0 Å². The number of cyclic esters (lactones) is 1. The normalized spacial score (nSPS) is 21.6. The minimum absolute atomic E-state index is 0.155. The van der Waals surface area contributed by atoms with Gasteiger partial charge >= 0.3 is 5.97 Å². The average Bonchev–Trinajstić information content (AvgIpc) is 2.39. The van der Waals surface area contributed by atoms with Gasteiger partial charge in [-0.2, -0.15) is 0 Å². The van der Waals surface area contributed by atoms with E-state index in [1.54, 1.807) is 6.92 Å². The maximum Gasteiger partial charge on any atom is 0.335 e. The molecular weight excluding hydrogens is 164 g/mol. The van der Waals surface area contributed by atoms with Crippen LogP contribution in [0.5, 0.6) is 0 Å². The number of rotatable bonds is 3. The zero-order chi connectivity index (χ0) is 9.84. The molecule has 0 amide bonds. The summed E-state index contributed by atoms with van der Waals surface area (Å²) in [7, 11) is 0. The minimum Gasteiger partial charge on any atom is -0.453 e. The van der Waals surface area contributed by atoms with E-state index in [4.69, 9.17) is 11.2 Å². The van der Waals surface area contributed by atoms with Crippen molar-refractivity contribution in [3.8, 4) is 12.3 Å². The summed E-state index contributed by atoms with van der Waals surface area (Å²) in [5.74, 6) is 2.28. The maximum absolute atomic E-state index is 11.1. The fourth-order valence-corrected chi connectivity index (χ4v) is 1.42. The van der Waals surface area contributed by atoms with Gasteiger partial charge in [-0.3, -0.25) is 0 Å². The van der Waals surface area contributed by atoms with E-state index in [1.165, 1.54) is 0 Å². The van der Waals surface area contributed by atoms with Gasteiger partial charge in [0.25, 0.3) is 0 Å². The predicted octanol–water partition coefficient (Wildman–Crippen LogP) is 2.05. The van der Waals surface area contributed by atoms with Gasteiger partial charge in [0.15, 0.2) is 0 Å². The zero-order valence-electron chi connectivity index (χ0n) is 8.09. The smallest absolute Gasteiger partial charge is 0.335 e. The van der Waals surface area contributed by atoms with Crippen LogP contribution < -0.4 is 0 Å². The molecule has 0 bridgehead atoms. The van der Waals surface area contributed by atoms with Gasteiger partial charge in [-0.25, -0.2) is 4.79 Å². The van der Waals surface area contributed by atoms with Gasteiger partial charge in [0.05, 0.1) is 5.57 Å². The summed E-state index contributed by atoms with van der Waals surface area (Å²) in [6, 6.07) is 0. The van der Waals surface area contributed by atoms with Crippen LogP contribution in [0, 0.1) is 12.3 Å². The number of hydrogen-bond acceptors (Lipinski definition) is 2. The molecule has 1 aliphatic heterocycles. The Morgan fingerprint density at radius 3 is 2.85 bits per heavy atom. The van der Waals surface area contributed by atoms with Crippen molar-refractivity contribution in [3.63, 3.8) is 0 Å². The molecule has 0 spiro atoms.